The Morgan fingerprint density at radius 3 is 2.93 bits per heavy atom. The average Bonchev–Trinajstić information content (AvgIpc) is 2.43. The van der Waals surface area contributed by atoms with Gasteiger partial charge in [-0.15, -0.1) is 0 Å². The summed E-state index contributed by atoms with van der Waals surface area (Å²) in [6.45, 7) is 0. The topological polar surface area (TPSA) is 56.2 Å². The zero-order chi connectivity index (χ0) is 9.54. The summed E-state index contributed by atoms with van der Waals surface area (Å²) < 4.78 is 1.77. The van der Waals surface area contributed by atoms with Crippen LogP contribution in [0.1, 0.15) is 30.9 Å². The minimum absolute atomic E-state index is 0.566. The van der Waals surface area contributed by atoms with Crippen LogP contribution in [-0.2, 0) is 0 Å². The van der Waals surface area contributed by atoms with Gasteiger partial charge in [-0.05, 0) is 18.9 Å². The summed E-state index contributed by atoms with van der Waals surface area (Å²) in [4.78, 5) is 4.22. The molecule has 4 heteroatoms. The van der Waals surface area contributed by atoms with E-state index in [1.165, 1.54) is 19.3 Å². The first-order valence-corrected chi connectivity index (χ1v) is 4.95. The molecular formula is C10H12N4. The van der Waals surface area contributed by atoms with Gasteiger partial charge in [-0.2, -0.15) is 5.10 Å². The first-order valence-electron chi connectivity index (χ1n) is 4.95. The van der Waals surface area contributed by atoms with Crippen molar-refractivity contribution >= 4 is 11.3 Å². The van der Waals surface area contributed by atoms with Gasteiger partial charge < -0.3 is 5.73 Å². The SMILES string of the molecule is Nc1c(C2CCC2)nn2cccnc12. The van der Waals surface area contributed by atoms with Crippen LogP contribution in [0.5, 0.6) is 0 Å². The van der Waals surface area contributed by atoms with E-state index >= 15 is 0 Å². The monoisotopic (exact) mass is 188 g/mol. The zero-order valence-corrected chi connectivity index (χ0v) is 7.85. The van der Waals surface area contributed by atoms with E-state index in [1.54, 1.807) is 10.7 Å². The van der Waals surface area contributed by atoms with Crippen LogP contribution in [0.4, 0.5) is 5.69 Å². The molecule has 0 radical (unpaired) electrons. The first-order chi connectivity index (χ1) is 6.86. The second-order valence-corrected chi connectivity index (χ2v) is 3.81. The van der Waals surface area contributed by atoms with Crippen LogP contribution < -0.4 is 5.73 Å². The Bertz CT molecular complexity index is 470. The smallest absolute Gasteiger partial charge is 0.178 e. The quantitative estimate of drug-likeness (QED) is 0.739. The summed E-state index contributed by atoms with van der Waals surface area (Å²) >= 11 is 0. The molecular weight excluding hydrogens is 176 g/mol. The highest BCUT2D eigenvalue weighted by molar-refractivity contribution is 5.68. The normalized spacial score (nSPS) is 17.1. The van der Waals surface area contributed by atoms with E-state index in [1.807, 2.05) is 12.3 Å². The molecule has 0 spiro atoms. The lowest BCUT2D eigenvalue weighted by atomic mass is 9.82. The summed E-state index contributed by atoms with van der Waals surface area (Å²) in [7, 11) is 0. The second kappa shape index (κ2) is 2.70. The second-order valence-electron chi connectivity index (χ2n) is 3.81. The summed E-state index contributed by atoms with van der Waals surface area (Å²) in [5.74, 6) is 0.566. The number of nitrogen functional groups attached to an aromatic ring is 1. The minimum Gasteiger partial charge on any atom is -0.394 e. The van der Waals surface area contributed by atoms with E-state index < -0.39 is 0 Å². The van der Waals surface area contributed by atoms with Crippen LogP contribution in [0.25, 0.3) is 5.65 Å². The Kier molecular flexibility index (Phi) is 1.50. The number of anilines is 1. The van der Waals surface area contributed by atoms with Gasteiger partial charge in [-0.1, -0.05) is 6.42 Å². The standard InChI is InChI=1S/C10H12N4/c11-8-9(7-3-1-4-7)13-14-6-2-5-12-10(8)14/h2,5-7H,1,3-4,11H2. The lowest BCUT2D eigenvalue weighted by molar-refractivity contribution is 0.410. The molecule has 14 heavy (non-hydrogen) atoms. The van der Waals surface area contributed by atoms with Crippen molar-refractivity contribution in [1.29, 1.82) is 0 Å². The van der Waals surface area contributed by atoms with Gasteiger partial charge in [0.25, 0.3) is 0 Å². The van der Waals surface area contributed by atoms with Crippen LogP contribution >= 0.6 is 0 Å². The molecule has 3 rings (SSSR count). The predicted octanol–water partition coefficient (Wildman–Crippen LogP) is 1.58. The van der Waals surface area contributed by atoms with Gasteiger partial charge >= 0.3 is 0 Å². The van der Waals surface area contributed by atoms with E-state index in [-0.39, 0.29) is 0 Å². The molecule has 1 fully saturated rings. The van der Waals surface area contributed by atoms with E-state index in [0.717, 1.165) is 17.0 Å². The van der Waals surface area contributed by atoms with Gasteiger partial charge in [0.05, 0.1) is 5.69 Å². The highest BCUT2D eigenvalue weighted by Crippen LogP contribution is 2.38. The molecule has 72 valence electrons. The highest BCUT2D eigenvalue weighted by atomic mass is 15.3. The Morgan fingerprint density at radius 1 is 1.43 bits per heavy atom. The summed E-state index contributed by atoms with van der Waals surface area (Å²) in [5.41, 5.74) is 8.59. The third-order valence-corrected chi connectivity index (χ3v) is 2.95. The van der Waals surface area contributed by atoms with E-state index in [0.29, 0.717) is 5.92 Å². The number of fused-ring (bicyclic) bond motifs is 1. The van der Waals surface area contributed by atoms with Gasteiger partial charge in [-0.3, -0.25) is 0 Å². The summed E-state index contributed by atoms with van der Waals surface area (Å²) in [6, 6.07) is 1.87. The fraction of sp³-hybridized carbons (Fsp3) is 0.400. The van der Waals surface area contributed by atoms with Gasteiger partial charge in [-0.25, -0.2) is 9.50 Å². The molecule has 1 aliphatic carbocycles. The zero-order valence-electron chi connectivity index (χ0n) is 7.85. The Balaban J connectivity index is 2.19. The number of rotatable bonds is 1. The third-order valence-electron chi connectivity index (χ3n) is 2.95. The van der Waals surface area contributed by atoms with Crippen molar-refractivity contribution in [3.05, 3.63) is 24.2 Å². The number of nitrogens with zero attached hydrogens (tertiary/aromatic N) is 3. The molecule has 1 saturated carbocycles. The van der Waals surface area contributed by atoms with Gasteiger partial charge in [0.2, 0.25) is 0 Å². The van der Waals surface area contributed by atoms with E-state index in [4.69, 9.17) is 5.73 Å². The van der Waals surface area contributed by atoms with Crippen LogP contribution in [0.15, 0.2) is 18.5 Å². The Labute approximate surface area is 81.8 Å². The molecule has 0 amide bonds. The Hall–Kier alpha value is -1.58. The van der Waals surface area contributed by atoms with Crippen molar-refractivity contribution in [2.45, 2.75) is 25.2 Å². The van der Waals surface area contributed by atoms with Crippen LogP contribution in [0.2, 0.25) is 0 Å². The van der Waals surface area contributed by atoms with E-state index in [2.05, 4.69) is 10.1 Å². The minimum atomic E-state index is 0.566. The maximum Gasteiger partial charge on any atom is 0.178 e. The molecule has 4 nitrogen and oxygen atoms in total. The van der Waals surface area contributed by atoms with E-state index in [9.17, 15) is 0 Å². The Morgan fingerprint density at radius 2 is 2.29 bits per heavy atom. The largest absolute Gasteiger partial charge is 0.394 e. The van der Waals surface area contributed by atoms with Gasteiger partial charge in [0.15, 0.2) is 5.65 Å². The predicted molar refractivity (Wildman–Crippen MR) is 54.0 cm³/mol. The molecule has 0 atom stereocenters. The van der Waals surface area contributed by atoms with Crippen molar-refractivity contribution < 1.29 is 0 Å². The fourth-order valence-corrected chi connectivity index (χ4v) is 1.90. The van der Waals surface area contributed by atoms with Gasteiger partial charge in [0.1, 0.15) is 5.69 Å². The van der Waals surface area contributed by atoms with Crippen molar-refractivity contribution in [2.75, 3.05) is 5.73 Å². The lowest BCUT2D eigenvalue weighted by Crippen LogP contribution is -2.11. The highest BCUT2D eigenvalue weighted by Gasteiger charge is 2.25. The number of nitrogens with two attached hydrogens (primary N) is 1. The maximum atomic E-state index is 6.00. The molecule has 0 aromatic carbocycles. The molecule has 2 N–H and O–H groups in total. The average molecular weight is 188 g/mol. The first kappa shape index (κ1) is 7.79. The number of hydrogen-bond donors (Lipinski definition) is 1. The van der Waals surface area contributed by atoms with Crippen molar-refractivity contribution in [2.24, 2.45) is 0 Å². The number of aromatic nitrogens is 3. The molecule has 0 bridgehead atoms. The summed E-state index contributed by atoms with van der Waals surface area (Å²) in [5, 5.41) is 4.46. The molecule has 0 aliphatic heterocycles. The van der Waals surface area contributed by atoms with Crippen molar-refractivity contribution in [3.8, 4) is 0 Å². The molecule has 0 saturated heterocycles. The fourth-order valence-electron chi connectivity index (χ4n) is 1.90. The summed E-state index contributed by atoms with van der Waals surface area (Å²) in [6.07, 6.45) is 7.37. The van der Waals surface area contributed by atoms with Crippen molar-refractivity contribution in [1.82, 2.24) is 14.6 Å². The molecule has 2 heterocycles. The maximum absolute atomic E-state index is 6.00. The van der Waals surface area contributed by atoms with Gasteiger partial charge in [0, 0.05) is 18.3 Å². The number of hydrogen-bond acceptors (Lipinski definition) is 3. The lowest BCUT2D eigenvalue weighted by Gasteiger charge is -2.23. The van der Waals surface area contributed by atoms with Crippen LogP contribution in [0.3, 0.4) is 0 Å². The van der Waals surface area contributed by atoms with Crippen molar-refractivity contribution in [3.63, 3.8) is 0 Å². The molecule has 2 aromatic rings. The molecule has 2 aromatic heterocycles. The molecule has 0 unspecified atom stereocenters. The van der Waals surface area contributed by atoms with Crippen LogP contribution in [-0.4, -0.2) is 14.6 Å². The third kappa shape index (κ3) is 0.937. The molecule has 1 aliphatic rings. The van der Waals surface area contributed by atoms with Crippen LogP contribution in [0, 0.1) is 0 Å².